The topological polar surface area (TPSA) is 97.2 Å². The standard InChI is InChI=1S/C14H20N4OS.C2HF3O2/c1-14(2,3)12-17-18-13(20-12)16-7-4-10-19-11-5-8-15-9-6-11;3-2(4,5)1(6)7/h5-6,8-9H,4,7,10H2,1-3H3,(H,16,18);(H,6,7). The maximum absolute atomic E-state index is 10.6. The van der Waals surface area contributed by atoms with Gasteiger partial charge in [-0.05, 0) is 18.6 Å². The molecule has 7 nitrogen and oxygen atoms in total. The lowest BCUT2D eigenvalue weighted by Gasteiger charge is -2.12. The molecule has 0 atom stereocenters. The predicted octanol–water partition coefficient (Wildman–Crippen LogP) is 3.74. The van der Waals surface area contributed by atoms with Gasteiger partial charge in [0.1, 0.15) is 10.8 Å². The molecule has 0 saturated carbocycles. The van der Waals surface area contributed by atoms with Crippen LogP contribution in [0.5, 0.6) is 5.75 Å². The lowest BCUT2D eigenvalue weighted by atomic mass is 9.98. The molecule has 0 bridgehead atoms. The zero-order valence-corrected chi connectivity index (χ0v) is 15.9. The molecule has 0 amide bonds. The maximum atomic E-state index is 10.6. The Kier molecular flexibility index (Phi) is 8.41. The molecule has 0 unspecified atom stereocenters. The van der Waals surface area contributed by atoms with Crippen molar-refractivity contribution in [1.82, 2.24) is 15.2 Å². The lowest BCUT2D eigenvalue weighted by molar-refractivity contribution is -0.192. The normalized spacial score (nSPS) is 11.3. The van der Waals surface area contributed by atoms with Crippen molar-refractivity contribution in [2.24, 2.45) is 0 Å². The summed E-state index contributed by atoms with van der Waals surface area (Å²) in [5, 5.41) is 20.7. The Balaban J connectivity index is 0.000000445. The first-order valence-corrected chi connectivity index (χ1v) is 8.72. The van der Waals surface area contributed by atoms with E-state index in [4.69, 9.17) is 14.6 Å². The van der Waals surface area contributed by atoms with Gasteiger partial charge in [0.05, 0.1) is 6.61 Å². The van der Waals surface area contributed by atoms with Gasteiger partial charge < -0.3 is 15.2 Å². The Morgan fingerprint density at radius 3 is 2.30 bits per heavy atom. The second-order valence-corrected chi connectivity index (χ2v) is 7.25. The molecule has 0 aliphatic rings. The predicted molar refractivity (Wildman–Crippen MR) is 95.1 cm³/mol. The molecule has 11 heteroatoms. The van der Waals surface area contributed by atoms with Gasteiger partial charge in [0.2, 0.25) is 5.13 Å². The van der Waals surface area contributed by atoms with Gasteiger partial charge in [0.25, 0.3) is 0 Å². The zero-order valence-electron chi connectivity index (χ0n) is 15.1. The largest absolute Gasteiger partial charge is 0.493 e. The van der Waals surface area contributed by atoms with Crippen molar-refractivity contribution in [1.29, 1.82) is 0 Å². The summed E-state index contributed by atoms with van der Waals surface area (Å²) in [7, 11) is 0. The van der Waals surface area contributed by atoms with Gasteiger partial charge in [-0.1, -0.05) is 32.1 Å². The highest BCUT2D eigenvalue weighted by Gasteiger charge is 2.38. The lowest BCUT2D eigenvalue weighted by Crippen LogP contribution is -2.21. The number of carboxylic acids is 1. The number of halogens is 3. The molecule has 0 aliphatic carbocycles. The average molecular weight is 406 g/mol. The van der Waals surface area contributed by atoms with Gasteiger partial charge in [0, 0.05) is 24.4 Å². The van der Waals surface area contributed by atoms with Crippen LogP contribution in [0, 0.1) is 0 Å². The quantitative estimate of drug-likeness (QED) is 0.705. The summed E-state index contributed by atoms with van der Waals surface area (Å²) in [5.41, 5.74) is 0.0576. The SMILES string of the molecule is CC(C)(C)c1nnc(NCCCOc2ccncc2)s1.O=C(O)C(F)(F)F. The van der Waals surface area contributed by atoms with Crippen LogP contribution in [0.15, 0.2) is 24.5 Å². The first-order chi connectivity index (χ1) is 12.5. The number of hydrogen-bond donors (Lipinski definition) is 2. The van der Waals surface area contributed by atoms with Gasteiger partial charge in [0.15, 0.2) is 0 Å². The number of hydrogen-bond acceptors (Lipinski definition) is 7. The molecule has 0 aromatic carbocycles. The van der Waals surface area contributed by atoms with E-state index in [0.717, 1.165) is 28.9 Å². The number of aromatic nitrogens is 3. The number of nitrogens with one attached hydrogen (secondary N) is 1. The van der Waals surface area contributed by atoms with Crippen LogP contribution in [0.3, 0.4) is 0 Å². The molecule has 0 aliphatic heterocycles. The monoisotopic (exact) mass is 406 g/mol. The fourth-order valence-electron chi connectivity index (χ4n) is 1.49. The third-order valence-corrected chi connectivity index (χ3v) is 4.13. The average Bonchev–Trinajstić information content (AvgIpc) is 3.04. The minimum atomic E-state index is -5.08. The van der Waals surface area contributed by atoms with Crippen molar-refractivity contribution < 1.29 is 27.8 Å². The summed E-state index contributed by atoms with van der Waals surface area (Å²) in [6.07, 6.45) is -0.724. The van der Waals surface area contributed by atoms with E-state index in [1.165, 1.54) is 0 Å². The summed E-state index contributed by atoms with van der Waals surface area (Å²) in [6, 6.07) is 3.71. The van der Waals surface area contributed by atoms with Crippen molar-refractivity contribution in [3.8, 4) is 5.75 Å². The molecular weight excluding hydrogens is 385 g/mol. The zero-order chi connectivity index (χ0) is 20.5. The number of aliphatic carboxylic acids is 1. The van der Waals surface area contributed by atoms with Crippen molar-refractivity contribution in [3.05, 3.63) is 29.5 Å². The Morgan fingerprint density at radius 1 is 1.22 bits per heavy atom. The highest BCUT2D eigenvalue weighted by atomic mass is 32.1. The minimum Gasteiger partial charge on any atom is -0.493 e. The van der Waals surface area contributed by atoms with Crippen LogP contribution in [0.1, 0.15) is 32.2 Å². The Morgan fingerprint density at radius 2 is 1.81 bits per heavy atom. The maximum Gasteiger partial charge on any atom is 0.490 e. The third-order valence-electron chi connectivity index (χ3n) is 2.82. The summed E-state index contributed by atoms with van der Waals surface area (Å²) in [6.45, 7) is 7.91. The molecule has 27 heavy (non-hydrogen) atoms. The minimum absolute atomic E-state index is 0.0576. The first-order valence-electron chi connectivity index (χ1n) is 7.91. The molecule has 0 spiro atoms. The molecule has 0 fully saturated rings. The van der Waals surface area contributed by atoms with Gasteiger partial charge in [-0.25, -0.2) is 4.79 Å². The summed E-state index contributed by atoms with van der Waals surface area (Å²) < 4.78 is 37.3. The van der Waals surface area contributed by atoms with E-state index in [-0.39, 0.29) is 5.41 Å². The summed E-state index contributed by atoms with van der Waals surface area (Å²) in [5.74, 6) is -1.90. The molecule has 2 aromatic rings. The van der Waals surface area contributed by atoms with Gasteiger partial charge in [-0.15, -0.1) is 10.2 Å². The van der Waals surface area contributed by atoms with Crippen LogP contribution in [0.4, 0.5) is 18.3 Å². The van der Waals surface area contributed by atoms with E-state index < -0.39 is 12.1 Å². The number of rotatable bonds is 6. The molecule has 0 saturated heterocycles. The van der Waals surface area contributed by atoms with E-state index in [1.807, 2.05) is 12.1 Å². The second-order valence-electron chi connectivity index (χ2n) is 6.28. The molecular formula is C16H21F3N4O3S. The van der Waals surface area contributed by atoms with Gasteiger partial charge in [-0.3, -0.25) is 4.98 Å². The van der Waals surface area contributed by atoms with E-state index in [0.29, 0.717) is 6.61 Å². The van der Waals surface area contributed by atoms with E-state index in [9.17, 15) is 13.2 Å². The van der Waals surface area contributed by atoms with Crippen molar-refractivity contribution in [3.63, 3.8) is 0 Å². The van der Waals surface area contributed by atoms with Crippen LogP contribution in [0.2, 0.25) is 0 Å². The van der Waals surface area contributed by atoms with Crippen LogP contribution in [-0.4, -0.2) is 45.6 Å². The third kappa shape index (κ3) is 9.18. The van der Waals surface area contributed by atoms with Crippen LogP contribution < -0.4 is 10.1 Å². The van der Waals surface area contributed by atoms with E-state index in [1.54, 1.807) is 23.7 Å². The smallest absolute Gasteiger partial charge is 0.490 e. The first kappa shape index (κ1) is 22.6. The highest BCUT2D eigenvalue weighted by Crippen LogP contribution is 2.27. The summed E-state index contributed by atoms with van der Waals surface area (Å²) in [4.78, 5) is 12.8. The van der Waals surface area contributed by atoms with Crippen LogP contribution in [0.25, 0.3) is 0 Å². The van der Waals surface area contributed by atoms with Gasteiger partial charge >= 0.3 is 12.1 Å². The Bertz CT molecular complexity index is 703. The fourth-order valence-corrected chi connectivity index (χ4v) is 2.32. The Labute approximate surface area is 158 Å². The number of alkyl halides is 3. The van der Waals surface area contributed by atoms with E-state index >= 15 is 0 Å². The number of carboxylic acid groups (broad SMARTS) is 1. The molecule has 0 radical (unpaired) electrons. The molecule has 2 N–H and O–H groups in total. The van der Waals surface area contributed by atoms with Crippen LogP contribution >= 0.6 is 11.3 Å². The summed E-state index contributed by atoms with van der Waals surface area (Å²) >= 11 is 1.61. The van der Waals surface area contributed by atoms with Gasteiger partial charge in [-0.2, -0.15) is 13.2 Å². The molecule has 2 rings (SSSR count). The van der Waals surface area contributed by atoms with Crippen LogP contribution in [-0.2, 0) is 10.2 Å². The fraction of sp³-hybridized carbons (Fsp3) is 0.500. The van der Waals surface area contributed by atoms with Crippen molar-refractivity contribution in [2.75, 3.05) is 18.5 Å². The van der Waals surface area contributed by atoms with Crippen molar-refractivity contribution >= 4 is 22.4 Å². The number of ether oxygens (including phenoxy) is 1. The molecule has 150 valence electrons. The number of anilines is 1. The van der Waals surface area contributed by atoms with Crippen molar-refractivity contribution in [2.45, 2.75) is 38.8 Å². The molecule has 2 aromatic heterocycles. The molecule has 2 heterocycles. The number of nitrogens with zero attached hydrogens (tertiary/aromatic N) is 3. The Hall–Kier alpha value is -2.43. The number of carbonyl (C=O) groups is 1. The van der Waals surface area contributed by atoms with E-state index in [2.05, 4.69) is 41.3 Å². The number of pyridine rings is 1. The second kappa shape index (κ2) is 10.0. The highest BCUT2D eigenvalue weighted by molar-refractivity contribution is 7.15.